The summed E-state index contributed by atoms with van der Waals surface area (Å²) in [5.41, 5.74) is 9.59. The first-order valence-electron chi connectivity index (χ1n) is 9.50. The van der Waals surface area contributed by atoms with Gasteiger partial charge in [-0.25, -0.2) is 0 Å². The number of hydrogen-bond donors (Lipinski definition) is 0. The summed E-state index contributed by atoms with van der Waals surface area (Å²) in [5, 5.41) is 0. The predicted molar refractivity (Wildman–Crippen MR) is 116 cm³/mol. The molecule has 1 atom stereocenters. The SMILES string of the molecule is CC(C1=CCC(c2[c-]c3c(cc2)-c2ccccc2C3)=C1)N(C)C.C[SiH]C.[Cl-].[Cl-].[Zr+3]. The molecule has 1 unspecified atom stereocenters. The second kappa shape index (κ2) is 13.1. The summed E-state index contributed by atoms with van der Waals surface area (Å²) >= 11 is 0. The number of benzene rings is 2. The first-order chi connectivity index (χ1) is 12.5. The van der Waals surface area contributed by atoms with Gasteiger partial charge < -0.3 is 29.7 Å². The van der Waals surface area contributed by atoms with Crippen molar-refractivity contribution in [3.05, 3.63) is 76.9 Å². The average molecular weight is 522 g/mol. The van der Waals surface area contributed by atoms with Gasteiger partial charge in [0.15, 0.2) is 0 Å². The molecule has 0 aromatic heterocycles. The fourth-order valence-corrected chi connectivity index (χ4v) is 3.57. The molecule has 0 saturated carbocycles. The van der Waals surface area contributed by atoms with Gasteiger partial charge in [0.1, 0.15) is 0 Å². The van der Waals surface area contributed by atoms with Crippen LogP contribution in [0.2, 0.25) is 13.1 Å². The van der Waals surface area contributed by atoms with Crippen molar-refractivity contribution in [2.45, 2.75) is 38.9 Å². The summed E-state index contributed by atoms with van der Waals surface area (Å²) < 4.78 is 0. The fourth-order valence-electron chi connectivity index (χ4n) is 3.57. The molecular formula is C24H29Cl2NSiZr. The van der Waals surface area contributed by atoms with E-state index >= 15 is 0 Å². The molecule has 152 valence electrons. The minimum Gasteiger partial charge on any atom is -1.00 e. The molecule has 2 aliphatic carbocycles. The molecule has 0 amide bonds. The molecule has 0 spiro atoms. The largest absolute Gasteiger partial charge is 3.00 e. The van der Waals surface area contributed by atoms with Gasteiger partial charge in [-0.05, 0) is 45.0 Å². The number of allylic oxidation sites excluding steroid dienone is 2. The monoisotopic (exact) mass is 519 g/mol. The van der Waals surface area contributed by atoms with E-state index < -0.39 is 0 Å². The van der Waals surface area contributed by atoms with E-state index in [0.29, 0.717) is 6.04 Å². The molecule has 2 radical (unpaired) electrons. The quantitative estimate of drug-likeness (QED) is 0.324. The molecular weight excluding hydrogens is 492 g/mol. The van der Waals surface area contributed by atoms with E-state index in [1.807, 2.05) is 0 Å². The van der Waals surface area contributed by atoms with Gasteiger partial charge in [0.05, 0.1) is 0 Å². The van der Waals surface area contributed by atoms with E-state index in [0.717, 1.165) is 22.4 Å². The molecule has 2 aromatic rings. The van der Waals surface area contributed by atoms with Crippen molar-refractivity contribution in [3.63, 3.8) is 0 Å². The Morgan fingerprint density at radius 3 is 2.31 bits per heavy atom. The zero-order chi connectivity index (χ0) is 18.7. The molecule has 4 rings (SSSR count). The van der Waals surface area contributed by atoms with E-state index in [9.17, 15) is 0 Å². The summed E-state index contributed by atoms with van der Waals surface area (Å²) in [6.45, 7) is 6.67. The Kier molecular flexibility index (Phi) is 12.9. The van der Waals surface area contributed by atoms with Gasteiger partial charge in [-0.15, -0.1) is 34.9 Å². The average Bonchev–Trinajstić information content (AvgIpc) is 3.26. The van der Waals surface area contributed by atoms with Crippen molar-refractivity contribution in [1.29, 1.82) is 0 Å². The van der Waals surface area contributed by atoms with Gasteiger partial charge in [0.25, 0.3) is 0 Å². The van der Waals surface area contributed by atoms with Gasteiger partial charge in [0, 0.05) is 15.6 Å². The molecule has 0 saturated heterocycles. The molecule has 0 bridgehead atoms. The first kappa shape index (κ1) is 28.6. The third-order valence-corrected chi connectivity index (χ3v) is 5.20. The standard InChI is InChI=1S/C22H22N.C2H7Si.2ClH.Zr/c1-15(23(2)3)16-8-9-17(12-16)18-10-11-22-20(13-18)14-19-6-4-5-7-21(19)22;1-3-2;;;/h4-8,10-12,15H,9,14H2,1-3H3;3H,1-2H3;2*1H;/q-1;;;;+3/p-2. The van der Waals surface area contributed by atoms with Gasteiger partial charge >= 0.3 is 26.2 Å². The van der Waals surface area contributed by atoms with Crippen LogP contribution in [0.4, 0.5) is 0 Å². The zero-order valence-corrected chi connectivity index (χ0v) is 23.0. The molecule has 1 nitrogen and oxygen atoms in total. The molecule has 0 aliphatic heterocycles. The van der Waals surface area contributed by atoms with Gasteiger partial charge in [-0.3, -0.25) is 0 Å². The molecule has 2 aromatic carbocycles. The smallest absolute Gasteiger partial charge is 1.00 e. The Morgan fingerprint density at radius 1 is 1.00 bits per heavy atom. The second-order valence-electron chi connectivity index (χ2n) is 7.39. The number of likely N-dealkylation sites (N-methyl/N-ethyl adjacent to an activating group) is 1. The summed E-state index contributed by atoms with van der Waals surface area (Å²) in [5.74, 6) is 0. The van der Waals surface area contributed by atoms with Crippen LogP contribution in [0.5, 0.6) is 0 Å². The number of hydrogen-bond acceptors (Lipinski definition) is 1. The van der Waals surface area contributed by atoms with E-state index in [1.165, 1.54) is 39.0 Å². The number of fused-ring (bicyclic) bond motifs is 3. The molecule has 29 heavy (non-hydrogen) atoms. The van der Waals surface area contributed by atoms with Crippen LogP contribution in [0.25, 0.3) is 16.7 Å². The number of halogens is 2. The summed E-state index contributed by atoms with van der Waals surface area (Å²) in [6, 6.07) is 17.4. The number of nitrogens with zero attached hydrogens (tertiary/aromatic N) is 1. The van der Waals surface area contributed by atoms with Gasteiger partial charge in [-0.2, -0.15) is 0 Å². The van der Waals surface area contributed by atoms with E-state index in [2.05, 4.69) is 93.6 Å². The maximum Gasteiger partial charge on any atom is 3.00 e. The van der Waals surface area contributed by atoms with Crippen molar-refractivity contribution in [2.75, 3.05) is 14.1 Å². The van der Waals surface area contributed by atoms with E-state index in [1.54, 1.807) is 0 Å². The Bertz CT molecular complexity index is 862. The van der Waals surface area contributed by atoms with E-state index in [4.69, 9.17) is 0 Å². The maximum atomic E-state index is 3.69. The van der Waals surface area contributed by atoms with Crippen molar-refractivity contribution in [3.8, 4) is 11.1 Å². The Morgan fingerprint density at radius 2 is 1.66 bits per heavy atom. The summed E-state index contributed by atoms with van der Waals surface area (Å²) in [4.78, 5) is 2.26. The molecule has 0 heterocycles. The van der Waals surface area contributed by atoms with Crippen LogP contribution in [0, 0.1) is 6.07 Å². The van der Waals surface area contributed by atoms with Crippen LogP contribution in [-0.2, 0) is 32.6 Å². The van der Waals surface area contributed by atoms with Crippen LogP contribution < -0.4 is 24.8 Å². The minimum atomic E-state index is 0. The van der Waals surface area contributed by atoms with Crippen LogP contribution >= 0.6 is 0 Å². The van der Waals surface area contributed by atoms with Gasteiger partial charge in [0.2, 0.25) is 0 Å². The van der Waals surface area contributed by atoms with E-state index in [-0.39, 0.29) is 51.0 Å². The Balaban J connectivity index is 0.00000123. The van der Waals surface area contributed by atoms with Crippen LogP contribution in [0.15, 0.2) is 54.1 Å². The molecule has 2 aliphatic rings. The third kappa shape index (κ3) is 6.52. The van der Waals surface area contributed by atoms with Crippen molar-refractivity contribution in [2.24, 2.45) is 0 Å². The summed E-state index contributed by atoms with van der Waals surface area (Å²) in [7, 11) is 5.02. The first-order valence-corrected chi connectivity index (χ1v) is 11.8. The van der Waals surface area contributed by atoms with Crippen LogP contribution in [0.3, 0.4) is 0 Å². The molecule has 5 heteroatoms. The minimum absolute atomic E-state index is 0. The van der Waals surface area contributed by atoms with Crippen molar-refractivity contribution < 1.29 is 51.0 Å². The third-order valence-electron chi connectivity index (χ3n) is 5.20. The fraction of sp³-hybridized carbons (Fsp3) is 0.333. The van der Waals surface area contributed by atoms with Crippen molar-refractivity contribution in [1.82, 2.24) is 4.90 Å². The van der Waals surface area contributed by atoms with Crippen LogP contribution in [0.1, 0.15) is 30.0 Å². The second-order valence-corrected chi connectivity index (χ2v) is 8.55. The molecule has 0 fully saturated rings. The normalized spacial score (nSPS) is 14.0. The zero-order valence-electron chi connectivity index (χ0n) is 17.9. The predicted octanol–water partition coefficient (Wildman–Crippen LogP) is -0.754. The van der Waals surface area contributed by atoms with Crippen molar-refractivity contribution >= 4 is 15.1 Å². The topological polar surface area (TPSA) is 3.24 Å². The summed E-state index contributed by atoms with van der Waals surface area (Å²) in [6.07, 6.45) is 6.75. The Hall–Kier alpha value is -0.440. The molecule has 0 N–H and O–H groups in total. The number of rotatable bonds is 3. The Labute approximate surface area is 210 Å². The maximum absolute atomic E-state index is 3.69. The van der Waals surface area contributed by atoms with Crippen LogP contribution in [-0.4, -0.2) is 34.6 Å². The van der Waals surface area contributed by atoms with Gasteiger partial charge in [-0.1, -0.05) is 60.6 Å².